The molecule has 1 aromatic rings. The molecule has 1 aliphatic carbocycles. The SMILES string of the molecule is Cc1nc(CN2CCC(C(=O)N(C)C3CCC(C)(C)C3)CC2)cs1. The Morgan fingerprint density at radius 1 is 1.38 bits per heavy atom. The molecular weight excluding hydrogens is 318 g/mol. The number of aryl methyl sites for hydroxylation is 1. The summed E-state index contributed by atoms with van der Waals surface area (Å²) in [5.74, 6) is 0.592. The Hall–Kier alpha value is -0.940. The van der Waals surface area contributed by atoms with Crippen molar-refractivity contribution in [3.63, 3.8) is 0 Å². The van der Waals surface area contributed by atoms with Crippen LogP contribution in [0, 0.1) is 18.3 Å². The number of amides is 1. The number of hydrogen-bond donors (Lipinski definition) is 0. The molecule has 4 nitrogen and oxygen atoms in total. The minimum atomic E-state index is 0.215. The lowest BCUT2D eigenvalue weighted by molar-refractivity contribution is -0.137. The lowest BCUT2D eigenvalue weighted by Crippen LogP contribution is -2.44. The summed E-state index contributed by atoms with van der Waals surface area (Å²) < 4.78 is 0. The zero-order valence-electron chi connectivity index (χ0n) is 15.5. The van der Waals surface area contributed by atoms with Crippen molar-refractivity contribution in [2.45, 2.75) is 65.5 Å². The number of carbonyl (C=O) groups excluding carboxylic acids is 1. The van der Waals surface area contributed by atoms with E-state index in [1.54, 1.807) is 11.3 Å². The first-order chi connectivity index (χ1) is 11.3. The van der Waals surface area contributed by atoms with Crippen LogP contribution >= 0.6 is 11.3 Å². The van der Waals surface area contributed by atoms with Crippen LogP contribution in [0.4, 0.5) is 0 Å². The Balaban J connectivity index is 1.48. The first-order valence-corrected chi connectivity index (χ1v) is 10.1. The van der Waals surface area contributed by atoms with Crippen LogP contribution in [0.2, 0.25) is 0 Å². The van der Waals surface area contributed by atoms with Gasteiger partial charge in [-0.25, -0.2) is 4.98 Å². The van der Waals surface area contributed by atoms with Crippen molar-refractivity contribution >= 4 is 17.2 Å². The maximum Gasteiger partial charge on any atom is 0.225 e. The zero-order valence-corrected chi connectivity index (χ0v) is 16.4. The molecule has 0 spiro atoms. The highest BCUT2D eigenvalue weighted by Crippen LogP contribution is 2.39. The van der Waals surface area contributed by atoms with E-state index >= 15 is 0 Å². The molecule has 1 saturated carbocycles. The number of piperidine rings is 1. The summed E-state index contributed by atoms with van der Waals surface area (Å²) in [6, 6.07) is 0.448. The van der Waals surface area contributed by atoms with Crippen molar-refractivity contribution < 1.29 is 4.79 Å². The van der Waals surface area contributed by atoms with Crippen molar-refractivity contribution in [1.29, 1.82) is 0 Å². The summed E-state index contributed by atoms with van der Waals surface area (Å²) in [5, 5.41) is 3.29. The summed E-state index contributed by atoms with van der Waals surface area (Å²) in [6.07, 6.45) is 5.53. The first-order valence-electron chi connectivity index (χ1n) is 9.24. The molecule has 0 aromatic carbocycles. The second-order valence-corrected chi connectivity index (χ2v) is 9.48. The quantitative estimate of drug-likeness (QED) is 0.831. The smallest absolute Gasteiger partial charge is 0.225 e. The van der Waals surface area contributed by atoms with Crippen molar-refractivity contribution in [3.05, 3.63) is 16.1 Å². The summed E-state index contributed by atoms with van der Waals surface area (Å²) in [4.78, 5) is 21.9. The predicted octanol–water partition coefficient (Wildman–Crippen LogP) is 3.70. The van der Waals surface area contributed by atoms with Crippen LogP contribution in [0.3, 0.4) is 0 Å². The van der Waals surface area contributed by atoms with Crippen LogP contribution in [0.5, 0.6) is 0 Å². The van der Waals surface area contributed by atoms with Crippen LogP contribution in [-0.4, -0.2) is 46.9 Å². The number of carbonyl (C=O) groups is 1. The average molecular weight is 350 g/mol. The fourth-order valence-electron chi connectivity index (χ4n) is 4.25. The third kappa shape index (κ3) is 4.17. The number of nitrogens with zero attached hydrogens (tertiary/aromatic N) is 3. The van der Waals surface area contributed by atoms with E-state index in [2.05, 4.69) is 40.9 Å². The largest absolute Gasteiger partial charge is 0.343 e. The van der Waals surface area contributed by atoms with E-state index in [4.69, 9.17) is 0 Å². The van der Waals surface area contributed by atoms with Gasteiger partial charge in [0.25, 0.3) is 0 Å². The molecule has 134 valence electrons. The van der Waals surface area contributed by atoms with Crippen LogP contribution in [0.25, 0.3) is 0 Å². The Morgan fingerprint density at radius 3 is 2.62 bits per heavy atom. The Morgan fingerprint density at radius 2 is 2.08 bits per heavy atom. The highest BCUT2D eigenvalue weighted by atomic mass is 32.1. The van der Waals surface area contributed by atoms with E-state index in [0.717, 1.165) is 50.3 Å². The molecular formula is C19H31N3OS. The molecule has 2 fully saturated rings. The number of aromatic nitrogens is 1. The average Bonchev–Trinajstić information content (AvgIpc) is 3.12. The van der Waals surface area contributed by atoms with Gasteiger partial charge in [0.1, 0.15) is 0 Å². The lowest BCUT2D eigenvalue weighted by atomic mass is 9.91. The number of hydrogen-bond acceptors (Lipinski definition) is 4. The molecule has 1 amide bonds. The monoisotopic (exact) mass is 349 g/mol. The Kier molecular flexibility index (Phi) is 5.30. The zero-order chi connectivity index (χ0) is 17.3. The van der Waals surface area contributed by atoms with E-state index < -0.39 is 0 Å². The van der Waals surface area contributed by atoms with E-state index in [-0.39, 0.29) is 5.92 Å². The standard InChI is InChI=1S/C19H31N3OS/c1-14-20-16(13-24-14)12-22-9-6-15(7-10-22)18(23)21(4)17-5-8-19(2,3)11-17/h13,15,17H,5-12H2,1-4H3. The summed E-state index contributed by atoms with van der Waals surface area (Å²) >= 11 is 1.72. The molecule has 2 heterocycles. The highest BCUT2D eigenvalue weighted by Gasteiger charge is 2.37. The van der Waals surface area contributed by atoms with Crippen LogP contribution in [-0.2, 0) is 11.3 Å². The fourth-order valence-corrected chi connectivity index (χ4v) is 4.85. The van der Waals surface area contributed by atoms with E-state index in [9.17, 15) is 4.79 Å². The van der Waals surface area contributed by atoms with E-state index in [0.29, 0.717) is 17.4 Å². The first kappa shape index (κ1) is 17.9. The molecule has 1 aromatic heterocycles. The normalized spacial score (nSPS) is 25.1. The maximum atomic E-state index is 12.9. The van der Waals surface area contributed by atoms with Gasteiger partial charge in [0, 0.05) is 30.9 Å². The van der Waals surface area contributed by atoms with E-state index in [1.807, 2.05) is 7.05 Å². The van der Waals surface area contributed by atoms with Crippen LogP contribution < -0.4 is 0 Å². The molecule has 0 N–H and O–H groups in total. The molecule has 1 atom stereocenters. The topological polar surface area (TPSA) is 36.4 Å². The second-order valence-electron chi connectivity index (χ2n) is 8.42. The summed E-state index contributed by atoms with van der Waals surface area (Å²) in [6.45, 7) is 9.65. The molecule has 0 radical (unpaired) electrons. The van der Waals surface area contributed by atoms with Gasteiger partial charge >= 0.3 is 0 Å². The second kappa shape index (κ2) is 7.12. The Labute approximate surface area is 150 Å². The van der Waals surface area contributed by atoms with Gasteiger partial charge in [-0.2, -0.15) is 0 Å². The van der Waals surface area contributed by atoms with E-state index in [1.165, 1.54) is 12.1 Å². The molecule has 1 aliphatic heterocycles. The van der Waals surface area contributed by atoms with Gasteiger partial charge in [0.15, 0.2) is 0 Å². The van der Waals surface area contributed by atoms with Crippen molar-refractivity contribution in [1.82, 2.24) is 14.8 Å². The molecule has 5 heteroatoms. The molecule has 0 bridgehead atoms. The van der Waals surface area contributed by atoms with Crippen molar-refractivity contribution in [2.75, 3.05) is 20.1 Å². The summed E-state index contributed by atoms with van der Waals surface area (Å²) in [5.41, 5.74) is 1.57. The van der Waals surface area contributed by atoms with Gasteiger partial charge in [0.2, 0.25) is 5.91 Å². The minimum Gasteiger partial charge on any atom is -0.343 e. The van der Waals surface area contributed by atoms with Gasteiger partial charge in [-0.15, -0.1) is 11.3 Å². The molecule has 24 heavy (non-hydrogen) atoms. The number of thiazole rings is 1. The molecule has 2 aliphatic rings. The van der Waals surface area contributed by atoms with Crippen molar-refractivity contribution in [3.8, 4) is 0 Å². The lowest BCUT2D eigenvalue weighted by Gasteiger charge is -2.35. The third-order valence-electron chi connectivity index (χ3n) is 5.83. The van der Waals surface area contributed by atoms with Crippen LogP contribution in [0.15, 0.2) is 5.38 Å². The van der Waals surface area contributed by atoms with Gasteiger partial charge in [-0.3, -0.25) is 9.69 Å². The number of rotatable bonds is 4. The van der Waals surface area contributed by atoms with Crippen LogP contribution in [0.1, 0.15) is 56.7 Å². The highest BCUT2D eigenvalue weighted by molar-refractivity contribution is 7.09. The summed E-state index contributed by atoms with van der Waals surface area (Å²) in [7, 11) is 2.03. The van der Waals surface area contributed by atoms with Gasteiger partial charge in [-0.1, -0.05) is 13.8 Å². The van der Waals surface area contributed by atoms with Gasteiger partial charge in [0.05, 0.1) is 10.7 Å². The Bertz CT molecular complexity index is 575. The number of likely N-dealkylation sites (tertiary alicyclic amines) is 1. The third-order valence-corrected chi connectivity index (χ3v) is 6.65. The fraction of sp³-hybridized carbons (Fsp3) is 0.789. The van der Waals surface area contributed by atoms with Crippen molar-refractivity contribution in [2.24, 2.45) is 11.3 Å². The molecule has 3 rings (SSSR count). The molecule has 1 unspecified atom stereocenters. The minimum absolute atomic E-state index is 0.215. The molecule has 1 saturated heterocycles. The van der Waals surface area contributed by atoms with Gasteiger partial charge < -0.3 is 4.90 Å². The maximum absolute atomic E-state index is 12.9. The predicted molar refractivity (Wildman–Crippen MR) is 99.0 cm³/mol. The van der Waals surface area contributed by atoms with Gasteiger partial charge in [-0.05, 0) is 57.5 Å².